The molecule has 0 saturated carbocycles. The molecule has 4 aromatic rings. The lowest BCUT2D eigenvalue weighted by Crippen LogP contribution is -2.08. The Morgan fingerprint density at radius 2 is 1.64 bits per heavy atom. The highest BCUT2D eigenvalue weighted by Gasteiger charge is 2.37. The van der Waals surface area contributed by atoms with E-state index in [2.05, 4.69) is 15.1 Å². The second-order valence-electron chi connectivity index (χ2n) is 6.25. The van der Waals surface area contributed by atoms with E-state index in [9.17, 15) is 18.0 Å². The summed E-state index contributed by atoms with van der Waals surface area (Å²) < 4.78 is 40.8. The minimum Gasteiger partial charge on any atom is -0.296 e. The number of halogens is 3. The molecule has 3 aromatic heterocycles. The topological polar surface area (TPSA) is 60.7 Å². The fourth-order valence-corrected chi connectivity index (χ4v) is 3.07. The third-order valence-corrected chi connectivity index (χ3v) is 4.35. The van der Waals surface area contributed by atoms with E-state index in [4.69, 9.17) is 0 Å². The van der Waals surface area contributed by atoms with Crippen LogP contribution in [0.25, 0.3) is 33.2 Å². The smallest absolute Gasteiger partial charge is 0.296 e. The molecule has 5 nitrogen and oxygen atoms in total. The van der Waals surface area contributed by atoms with Crippen LogP contribution in [0.3, 0.4) is 0 Å². The lowest BCUT2D eigenvalue weighted by molar-refractivity contribution is -0.140. The third kappa shape index (κ3) is 3.13. The van der Waals surface area contributed by atoms with Crippen molar-refractivity contribution < 1.29 is 18.0 Å². The Morgan fingerprint density at radius 1 is 0.964 bits per heavy atom. The Kier molecular flexibility index (Phi) is 4.18. The summed E-state index contributed by atoms with van der Waals surface area (Å²) in [7, 11) is 1.45. The van der Waals surface area contributed by atoms with E-state index in [1.165, 1.54) is 13.2 Å². The second kappa shape index (κ2) is 6.56. The zero-order valence-corrected chi connectivity index (χ0v) is 14.6. The molecule has 140 valence electrons. The van der Waals surface area contributed by atoms with Crippen molar-refractivity contribution in [3.05, 3.63) is 66.4 Å². The molecule has 8 heteroatoms. The molecular formula is C20H13F3N4O. The Bertz CT molecular complexity index is 1180. The maximum Gasteiger partial charge on any atom is 0.435 e. The van der Waals surface area contributed by atoms with Crippen LogP contribution in [0.5, 0.6) is 0 Å². The number of nitrogens with zero attached hydrogens (tertiary/aromatic N) is 4. The van der Waals surface area contributed by atoms with Gasteiger partial charge < -0.3 is 0 Å². The van der Waals surface area contributed by atoms with Gasteiger partial charge >= 0.3 is 6.18 Å². The first-order chi connectivity index (χ1) is 13.4. The van der Waals surface area contributed by atoms with Crippen LogP contribution in [-0.2, 0) is 13.2 Å². The molecule has 0 atom stereocenters. The summed E-state index contributed by atoms with van der Waals surface area (Å²) in [5.74, 6) is 0. The fourth-order valence-electron chi connectivity index (χ4n) is 3.07. The predicted molar refractivity (Wildman–Crippen MR) is 97.6 cm³/mol. The van der Waals surface area contributed by atoms with Gasteiger partial charge in [0.2, 0.25) is 0 Å². The van der Waals surface area contributed by atoms with Crippen molar-refractivity contribution in [3.63, 3.8) is 0 Å². The molecular weight excluding hydrogens is 369 g/mol. The largest absolute Gasteiger partial charge is 0.435 e. The maximum absolute atomic E-state index is 13.2. The lowest BCUT2D eigenvalue weighted by Gasteiger charge is -2.09. The zero-order chi connectivity index (χ0) is 19.9. The zero-order valence-electron chi connectivity index (χ0n) is 14.6. The normalized spacial score (nSPS) is 11.7. The van der Waals surface area contributed by atoms with Gasteiger partial charge in [-0.25, -0.2) is 4.98 Å². The second-order valence-corrected chi connectivity index (χ2v) is 6.25. The van der Waals surface area contributed by atoms with Crippen LogP contribution in [-0.4, -0.2) is 26.0 Å². The van der Waals surface area contributed by atoms with E-state index in [0.717, 1.165) is 15.6 Å². The molecule has 0 amide bonds. The van der Waals surface area contributed by atoms with Gasteiger partial charge in [0.1, 0.15) is 5.69 Å². The summed E-state index contributed by atoms with van der Waals surface area (Å²) in [5, 5.41) is 4.30. The minimum atomic E-state index is -4.54. The number of aromatic nitrogens is 4. The van der Waals surface area contributed by atoms with Crippen LogP contribution in [0.4, 0.5) is 13.2 Å². The van der Waals surface area contributed by atoms with Crippen molar-refractivity contribution >= 4 is 17.2 Å². The number of aryl methyl sites for hydroxylation is 1. The number of fused-ring (bicyclic) bond motifs is 1. The quantitative estimate of drug-likeness (QED) is 0.489. The number of rotatable bonds is 3. The third-order valence-electron chi connectivity index (χ3n) is 4.35. The molecule has 0 spiro atoms. The Hall–Kier alpha value is -3.55. The highest BCUT2D eigenvalue weighted by atomic mass is 19.4. The van der Waals surface area contributed by atoms with Gasteiger partial charge in [0.05, 0.1) is 5.52 Å². The highest BCUT2D eigenvalue weighted by molar-refractivity contribution is 5.94. The van der Waals surface area contributed by atoms with E-state index < -0.39 is 11.9 Å². The average molecular weight is 382 g/mol. The number of aldehydes is 1. The summed E-state index contributed by atoms with van der Waals surface area (Å²) in [6, 6.07) is 9.96. The van der Waals surface area contributed by atoms with E-state index in [-0.39, 0.29) is 5.56 Å². The molecule has 28 heavy (non-hydrogen) atoms. The van der Waals surface area contributed by atoms with E-state index in [1.54, 1.807) is 48.8 Å². The maximum atomic E-state index is 13.2. The summed E-state index contributed by atoms with van der Waals surface area (Å²) in [6.07, 6.45) is 0.719. The molecule has 4 rings (SSSR count). The first kappa shape index (κ1) is 17.8. The number of carbonyl (C=O) groups excluding carboxylic acids is 1. The molecule has 0 aliphatic carbocycles. The van der Waals surface area contributed by atoms with Gasteiger partial charge in [-0.2, -0.15) is 18.3 Å². The average Bonchev–Trinajstić information content (AvgIpc) is 3.09. The van der Waals surface area contributed by atoms with Crippen molar-refractivity contribution in [3.8, 4) is 22.3 Å². The van der Waals surface area contributed by atoms with Crippen LogP contribution in [0, 0.1) is 0 Å². The summed E-state index contributed by atoms with van der Waals surface area (Å²) in [5.41, 5.74) is 1.81. The molecule has 0 fully saturated rings. The number of hydrogen-bond acceptors (Lipinski definition) is 4. The summed E-state index contributed by atoms with van der Waals surface area (Å²) in [6.45, 7) is 0. The van der Waals surface area contributed by atoms with Crippen LogP contribution >= 0.6 is 0 Å². The fraction of sp³-hybridized carbons (Fsp3) is 0.100. The molecule has 0 unspecified atom stereocenters. The van der Waals surface area contributed by atoms with Crippen molar-refractivity contribution in [1.29, 1.82) is 0 Å². The van der Waals surface area contributed by atoms with Gasteiger partial charge in [-0.05, 0) is 23.3 Å². The van der Waals surface area contributed by atoms with Crippen LogP contribution in [0.1, 0.15) is 16.2 Å². The van der Waals surface area contributed by atoms with Crippen LogP contribution in [0.15, 0.2) is 55.0 Å². The number of hydrogen-bond donors (Lipinski definition) is 0. The first-order valence-electron chi connectivity index (χ1n) is 8.28. The van der Waals surface area contributed by atoms with Crippen molar-refractivity contribution in [2.24, 2.45) is 7.05 Å². The predicted octanol–water partition coefficient (Wildman–Crippen LogP) is 4.53. The van der Waals surface area contributed by atoms with Crippen LogP contribution < -0.4 is 0 Å². The SMILES string of the molecule is Cn1cc(-c2ccc(-c3cncc4ccc(C=O)nc34)cc2)c(C(F)(F)F)n1. The van der Waals surface area contributed by atoms with E-state index in [0.29, 0.717) is 28.6 Å². The first-order valence-corrected chi connectivity index (χ1v) is 8.28. The molecule has 0 saturated heterocycles. The van der Waals surface area contributed by atoms with Gasteiger partial charge in [0.15, 0.2) is 12.0 Å². The minimum absolute atomic E-state index is 0.0129. The molecule has 0 aliphatic rings. The molecule has 3 heterocycles. The number of pyridine rings is 2. The van der Waals surface area contributed by atoms with Crippen LogP contribution in [0.2, 0.25) is 0 Å². The number of alkyl halides is 3. The molecule has 0 bridgehead atoms. The van der Waals surface area contributed by atoms with Gasteiger partial charge in [0, 0.05) is 42.2 Å². The summed E-state index contributed by atoms with van der Waals surface area (Å²) in [4.78, 5) is 19.6. The summed E-state index contributed by atoms with van der Waals surface area (Å²) >= 11 is 0. The Balaban J connectivity index is 1.80. The van der Waals surface area contributed by atoms with E-state index >= 15 is 0 Å². The monoisotopic (exact) mass is 382 g/mol. The van der Waals surface area contributed by atoms with Gasteiger partial charge in [-0.3, -0.25) is 14.5 Å². The molecule has 1 aromatic carbocycles. The van der Waals surface area contributed by atoms with Crippen molar-refractivity contribution in [2.45, 2.75) is 6.18 Å². The van der Waals surface area contributed by atoms with Gasteiger partial charge in [-0.1, -0.05) is 24.3 Å². The Morgan fingerprint density at radius 3 is 2.29 bits per heavy atom. The molecule has 0 N–H and O–H groups in total. The number of carbonyl (C=O) groups is 1. The van der Waals surface area contributed by atoms with Crippen molar-refractivity contribution in [2.75, 3.05) is 0 Å². The molecule has 0 aliphatic heterocycles. The number of benzene rings is 1. The lowest BCUT2D eigenvalue weighted by atomic mass is 10.00. The highest BCUT2D eigenvalue weighted by Crippen LogP contribution is 2.36. The molecule has 0 radical (unpaired) electrons. The Labute approximate surface area is 157 Å². The standard InChI is InChI=1S/C20H13F3N4O/c1-27-10-17(19(26-27)20(21,22)23)13-4-2-12(3-5-13)16-9-24-8-14-6-7-15(11-28)25-18(14)16/h2-11H,1H3. The van der Waals surface area contributed by atoms with E-state index in [1.807, 2.05) is 0 Å². The van der Waals surface area contributed by atoms with Gasteiger partial charge in [0.25, 0.3) is 0 Å². The van der Waals surface area contributed by atoms with Gasteiger partial charge in [-0.15, -0.1) is 0 Å². The van der Waals surface area contributed by atoms with Crippen molar-refractivity contribution in [1.82, 2.24) is 19.7 Å².